The van der Waals surface area contributed by atoms with Gasteiger partial charge in [0.25, 0.3) is 0 Å². The Hall–Kier alpha value is -3.39. The van der Waals surface area contributed by atoms with Crippen LogP contribution in [-0.4, -0.2) is 67.3 Å². The number of carboxylic acid groups (broad SMARTS) is 1. The fraction of sp³-hybridized carbons (Fsp3) is 0.400. The molecular weight excluding hydrogens is 422 g/mol. The van der Waals surface area contributed by atoms with E-state index in [2.05, 4.69) is 22.5 Å². The van der Waals surface area contributed by atoms with E-state index in [1.807, 2.05) is 55.6 Å². The van der Waals surface area contributed by atoms with Crippen molar-refractivity contribution in [3.8, 4) is 11.1 Å². The summed E-state index contributed by atoms with van der Waals surface area (Å²) < 4.78 is 5.45. The second-order valence-electron chi connectivity index (χ2n) is 8.21. The van der Waals surface area contributed by atoms with Gasteiger partial charge in [0.2, 0.25) is 5.91 Å². The number of carbonyl (C=O) groups excluding carboxylic acids is 2. The van der Waals surface area contributed by atoms with E-state index in [1.54, 1.807) is 0 Å². The zero-order valence-electron chi connectivity index (χ0n) is 19.0. The third-order valence-corrected chi connectivity index (χ3v) is 5.73. The van der Waals surface area contributed by atoms with Crippen LogP contribution in [0.2, 0.25) is 0 Å². The van der Waals surface area contributed by atoms with E-state index in [1.165, 1.54) is 0 Å². The van der Waals surface area contributed by atoms with Crippen LogP contribution in [0.15, 0.2) is 48.5 Å². The van der Waals surface area contributed by atoms with Gasteiger partial charge in [0.05, 0.1) is 6.42 Å². The Bertz CT molecular complexity index is 948. The smallest absolute Gasteiger partial charge is 0.407 e. The molecule has 0 spiro atoms. The summed E-state index contributed by atoms with van der Waals surface area (Å²) in [6, 6.07) is 14.7. The van der Waals surface area contributed by atoms with Crippen LogP contribution >= 0.6 is 0 Å². The number of hydrogen-bond acceptors (Lipinski definition) is 5. The zero-order chi connectivity index (χ0) is 23.8. The first-order valence-electron chi connectivity index (χ1n) is 11.2. The van der Waals surface area contributed by atoms with Gasteiger partial charge in [-0.15, -0.1) is 0 Å². The number of rotatable bonds is 11. The van der Waals surface area contributed by atoms with Gasteiger partial charge in [-0.3, -0.25) is 9.59 Å². The van der Waals surface area contributed by atoms with Crippen LogP contribution in [0.3, 0.4) is 0 Å². The molecule has 0 saturated carbocycles. The first-order chi connectivity index (χ1) is 15.9. The van der Waals surface area contributed by atoms with E-state index in [0.717, 1.165) is 35.2 Å². The third-order valence-electron chi connectivity index (χ3n) is 5.73. The van der Waals surface area contributed by atoms with E-state index in [0.29, 0.717) is 13.1 Å². The molecule has 0 radical (unpaired) electrons. The maximum absolute atomic E-state index is 12.5. The number of fused-ring (bicyclic) bond motifs is 3. The first kappa shape index (κ1) is 24.3. The minimum absolute atomic E-state index is 0.0864. The Morgan fingerprint density at radius 2 is 1.64 bits per heavy atom. The molecular formula is C25H31N3O5. The summed E-state index contributed by atoms with van der Waals surface area (Å²) in [5.74, 6) is -1.85. The molecule has 2 amide bonds. The molecule has 1 aliphatic rings. The highest BCUT2D eigenvalue weighted by Gasteiger charge is 2.30. The van der Waals surface area contributed by atoms with E-state index in [9.17, 15) is 14.4 Å². The van der Waals surface area contributed by atoms with Crippen LogP contribution in [0.1, 0.15) is 36.8 Å². The molecule has 1 atom stereocenters. The molecule has 8 heteroatoms. The minimum atomic E-state index is -1.21. The van der Waals surface area contributed by atoms with Crippen molar-refractivity contribution in [3.05, 3.63) is 59.7 Å². The van der Waals surface area contributed by atoms with Crippen molar-refractivity contribution in [3.63, 3.8) is 0 Å². The number of hydrogen-bond donors (Lipinski definition) is 3. The standard InChI is InChI=1S/C25H31N3O5/c1-3-13-28(2)14-12-26-24(31)22(15-23(29)30)27-25(32)33-16-21-19-10-6-4-8-17(19)18-9-5-7-11-20(18)21/h4-11,21-22H,3,12-16H2,1-2H3,(H,26,31)(H,27,32)(H,29,30). The van der Waals surface area contributed by atoms with Crippen LogP contribution in [0, 0.1) is 0 Å². The lowest BCUT2D eigenvalue weighted by Crippen LogP contribution is -2.49. The molecule has 176 valence electrons. The Labute approximate surface area is 193 Å². The highest BCUT2D eigenvalue weighted by Crippen LogP contribution is 2.44. The third kappa shape index (κ3) is 6.32. The van der Waals surface area contributed by atoms with Crippen LogP contribution in [0.25, 0.3) is 11.1 Å². The Morgan fingerprint density at radius 1 is 1.03 bits per heavy atom. The van der Waals surface area contributed by atoms with Gasteiger partial charge < -0.3 is 25.4 Å². The van der Waals surface area contributed by atoms with Gasteiger partial charge in [0.15, 0.2) is 0 Å². The summed E-state index contributed by atoms with van der Waals surface area (Å²) >= 11 is 0. The van der Waals surface area contributed by atoms with Gasteiger partial charge in [-0.1, -0.05) is 55.5 Å². The predicted molar refractivity (Wildman–Crippen MR) is 125 cm³/mol. The van der Waals surface area contributed by atoms with Crippen LogP contribution in [0.4, 0.5) is 4.79 Å². The molecule has 0 aromatic heterocycles. The Balaban J connectivity index is 1.58. The van der Waals surface area contributed by atoms with E-state index >= 15 is 0 Å². The Morgan fingerprint density at radius 3 is 2.21 bits per heavy atom. The molecule has 2 aromatic carbocycles. The molecule has 1 unspecified atom stereocenters. The normalized spacial score (nSPS) is 13.2. The van der Waals surface area contributed by atoms with Crippen molar-refractivity contribution in [1.29, 1.82) is 0 Å². The number of nitrogens with one attached hydrogen (secondary N) is 2. The number of amides is 2. The summed E-state index contributed by atoms with van der Waals surface area (Å²) in [5.41, 5.74) is 4.36. The van der Waals surface area contributed by atoms with E-state index < -0.39 is 30.4 Å². The van der Waals surface area contributed by atoms with Crippen molar-refractivity contribution in [2.24, 2.45) is 0 Å². The highest BCUT2D eigenvalue weighted by molar-refractivity contribution is 5.89. The number of benzene rings is 2. The lowest BCUT2D eigenvalue weighted by atomic mass is 9.98. The highest BCUT2D eigenvalue weighted by atomic mass is 16.5. The molecule has 3 rings (SSSR count). The van der Waals surface area contributed by atoms with E-state index in [4.69, 9.17) is 9.84 Å². The molecule has 0 saturated heterocycles. The molecule has 8 nitrogen and oxygen atoms in total. The van der Waals surface area contributed by atoms with Gasteiger partial charge in [0, 0.05) is 19.0 Å². The number of alkyl carbamates (subject to hydrolysis) is 1. The number of carboxylic acids is 1. The average molecular weight is 454 g/mol. The second-order valence-corrected chi connectivity index (χ2v) is 8.21. The van der Waals surface area contributed by atoms with E-state index in [-0.39, 0.29) is 12.5 Å². The largest absolute Gasteiger partial charge is 0.481 e. The van der Waals surface area contributed by atoms with Crippen molar-refractivity contribution < 1.29 is 24.2 Å². The molecule has 33 heavy (non-hydrogen) atoms. The molecule has 2 aromatic rings. The second kappa shape index (κ2) is 11.5. The molecule has 0 fully saturated rings. The summed E-state index contributed by atoms with van der Waals surface area (Å²) in [6.07, 6.45) is -0.350. The molecule has 0 heterocycles. The SMILES string of the molecule is CCCN(C)CCNC(=O)C(CC(=O)O)NC(=O)OCC1c2ccccc2-c2ccccc21. The number of likely N-dealkylation sites (N-methyl/N-ethyl adjacent to an activating group) is 1. The van der Waals surface area contributed by atoms with Gasteiger partial charge in [-0.25, -0.2) is 4.79 Å². The number of carbonyl (C=O) groups is 3. The molecule has 0 bridgehead atoms. The summed E-state index contributed by atoms with van der Waals surface area (Å²) in [6.45, 7) is 4.04. The zero-order valence-corrected chi connectivity index (χ0v) is 19.0. The lowest BCUT2D eigenvalue weighted by molar-refractivity contribution is -0.139. The topological polar surface area (TPSA) is 108 Å². The van der Waals surface area contributed by atoms with Gasteiger partial charge >= 0.3 is 12.1 Å². The fourth-order valence-corrected chi connectivity index (χ4v) is 4.15. The monoisotopic (exact) mass is 453 g/mol. The van der Waals surface area contributed by atoms with Crippen molar-refractivity contribution >= 4 is 18.0 Å². The Kier molecular flexibility index (Phi) is 8.43. The van der Waals surface area contributed by atoms with Crippen LogP contribution in [0.5, 0.6) is 0 Å². The van der Waals surface area contributed by atoms with Gasteiger partial charge in [-0.05, 0) is 42.3 Å². The molecule has 3 N–H and O–H groups in total. The predicted octanol–water partition coefficient (Wildman–Crippen LogP) is 2.83. The molecule has 0 aliphatic heterocycles. The quantitative estimate of drug-likeness (QED) is 0.483. The average Bonchev–Trinajstić information content (AvgIpc) is 3.11. The number of ether oxygens (including phenoxy) is 1. The fourth-order valence-electron chi connectivity index (χ4n) is 4.15. The number of aliphatic carboxylic acids is 1. The van der Waals surface area contributed by atoms with Crippen molar-refractivity contribution in [2.45, 2.75) is 31.7 Å². The summed E-state index contributed by atoms with van der Waals surface area (Å²) in [5, 5.41) is 14.3. The number of nitrogens with zero attached hydrogens (tertiary/aromatic N) is 1. The van der Waals surface area contributed by atoms with Crippen molar-refractivity contribution in [1.82, 2.24) is 15.5 Å². The maximum Gasteiger partial charge on any atom is 0.407 e. The van der Waals surface area contributed by atoms with Crippen LogP contribution < -0.4 is 10.6 Å². The summed E-state index contributed by atoms with van der Waals surface area (Å²) in [4.78, 5) is 38.2. The van der Waals surface area contributed by atoms with Gasteiger partial charge in [-0.2, -0.15) is 0 Å². The minimum Gasteiger partial charge on any atom is -0.481 e. The van der Waals surface area contributed by atoms with Gasteiger partial charge in [0.1, 0.15) is 12.6 Å². The lowest BCUT2D eigenvalue weighted by Gasteiger charge is -2.20. The maximum atomic E-state index is 12.5. The van der Waals surface area contributed by atoms with Crippen LogP contribution in [-0.2, 0) is 14.3 Å². The molecule has 1 aliphatic carbocycles. The summed E-state index contributed by atoms with van der Waals surface area (Å²) in [7, 11) is 1.94. The van der Waals surface area contributed by atoms with Crippen molar-refractivity contribution in [2.75, 3.05) is 33.3 Å². The first-order valence-corrected chi connectivity index (χ1v) is 11.2.